The molecule has 0 unspecified atom stereocenters. The molecule has 1 N–H and O–H groups in total. The molecule has 2 aromatic carbocycles. The van der Waals surface area contributed by atoms with Crippen LogP contribution in [-0.2, 0) is 0 Å². The van der Waals surface area contributed by atoms with Crippen molar-refractivity contribution in [3.8, 4) is 28.5 Å². The molecule has 32 heavy (non-hydrogen) atoms. The van der Waals surface area contributed by atoms with E-state index in [0.29, 0.717) is 6.42 Å². The van der Waals surface area contributed by atoms with Gasteiger partial charge in [-0.05, 0) is 66.2 Å². The highest BCUT2D eigenvalue weighted by Gasteiger charge is 2.26. The van der Waals surface area contributed by atoms with Crippen molar-refractivity contribution < 1.29 is 5.11 Å². The van der Waals surface area contributed by atoms with Gasteiger partial charge in [0.25, 0.3) is 0 Å². The maximum absolute atomic E-state index is 11.0. The average Bonchev–Trinajstić information content (AvgIpc) is 3.18. The van der Waals surface area contributed by atoms with Gasteiger partial charge in [0.2, 0.25) is 0 Å². The van der Waals surface area contributed by atoms with Crippen molar-refractivity contribution in [2.75, 3.05) is 0 Å². The Hall–Kier alpha value is -3.67. The summed E-state index contributed by atoms with van der Waals surface area (Å²) in [4.78, 5) is 4.70. The molecule has 1 aliphatic carbocycles. The molecule has 0 atom stereocenters. The molecule has 0 saturated carbocycles. The Balaban J connectivity index is 1.74. The fourth-order valence-electron chi connectivity index (χ4n) is 4.17. The lowest BCUT2D eigenvalue weighted by Gasteiger charge is -2.30. The van der Waals surface area contributed by atoms with Crippen molar-refractivity contribution in [3.05, 3.63) is 76.4 Å². The summed E-state index contributed by atoms with van der Waals surface area (Å²) in [7, 11) is 0. The molecule has 0 saturated heterocycles. The van der Waals surface area contributed by atoms with Gasteiger partial charge in [0, 0.05) is 5.56 Å². The van der Waals surface area contributed by atoms with E-state index in [1.54, 1.807) is 11.3 Å². The third-order valence-corrected chi connectivity index (χ3v) is 6.61. The number of aromatic nitrogens is 1. The van der Waals surface area contributed by atoms with Crippen LogP contribution < -0.4 is 0 Å². The lowest BCUT2D eigenvalue weighted by molar-refractivity contribution is 0.354. The third kappa shape index (κ3) is 4.35. The number of rotatable bonds is 3. The van der Waals surface area contributed by atoms with Gasteiger partial charge in [0.15, 0.2) is 0 Å². The molecule has 1 heterocycles. The van der Waals surface area contributed by atoms with Crippen LogP contribution in [0.2, 0.25) is 0 Å². The predicted octanol–water partition coefficient (Wildman–Crippen LogP) is 7.08. The van der Waals surface area contributed by atoms with E-state index < -0.39 is 0 Å². The largest absolute Gasteiger partial charge is 0.507 e. The minimum atomic E-state index is -0.0521. The van der Waals surface area contributed by atoms with Crippen LogP contribution in [-0.4, -0.2) is 10.1 Å². The first kappa shape index (κ1) is 21.6. The first-order valence-electron chi connectivity index (χ1n) is 10.4. The molecule has 0 aliphatic heterocycles. The fourth-order valence-corrected chi connectivity index (χ4v) is 5.16. The van der Waals surface area contributed by atoms with Gasteiger partial charge in [0.1, 0.15) is 28.5 Å². The van der Waals surface area contributed by atoms with Crippen LogP contribution >= 0.6 is 11.3 Å². The maximum atomic E-state index is 11.0. The molecule has 0 fully saturated rings. The second-order valence-electron chi connectivity index (χ2n) is 8.93. The van der Waals surface area contributed by atoms with Crippen molar-refractivity contribution in [3.63, 3.8) is 0 Å². The van der Waals surface area contributed by atoms with Crippen LogP contribution in [0.25, 0.3) is 26.9 Å². The van der Waals surface area contributed by atoms with Crippen LogP contribution in [0.1, 0.15) is 37.8 Å². The average molecular weight is 438 g/mol. The van der Waals surface area contributed by atoms with Crippen molar-refractivity contribution in [2.24, 2.45) is 5.41 Å². The van der Waals surface area contributed by atoms with E-state index >= 15 is 0 Å². The van der Waals surface area contributed by atoms with E-state index in [-0.39, 0.29) is 16.7 Å². The van der Waals surface area contributed by atoms with E-state index in [1.807, 2.05) is 73.7 Å². The Morgan fingerprint density at radius 3 is 2.59 bits per heavy atom. The van der Waals surface area contributed by atoms with Gasteiger partial charge in [-0.3, -0.25) is 0 Å². The number of nitriles is 2. The number of aromatic hydroxyl groups is 1. The minimum Gasteiger partial charge on any atom is -0.507 e. The Bertz CT molecular complexity index is 1340. The standard InChI is InChI=1S/C27H23N3OS/c1-17-10-19(9-8-18-12-20(21(15-28)16-29)14-27(2,3)13-18)25(31)22(11-17)26-30-23-6-4-5-7-24(23)32-26/h4-12,31H,13-14H2,1-3H3/b9-8+. The normalized spacial score (nSPS) is 15.4. The second-order valence-corrected chi connectivity index (χ2v) is 9.96. The van der Waals surface area contributed by atoms with E-state index in [4.69, 9.17) is 4.98 Å². The smallest absolute Gasteiger partial charge is 0.133 e. The van der Waals surface area contributed by atoms with Crippen molar-refractivity contribution in [1.29, 1.82) is 10.5 Å². The van der Waals surface area contributed by atoms with E-state index in [1.165, 1.54) is 0 Å². The molecule has 1 aromatic heterocycles. The molecular weight excluding hydrogens is 414 g/mol. The van der Waals surface area contributed by atoms with E-state index in [9.17, 15) is 15.6 Å². The molecule has 0 bridgehead atoms. The number of aryl methyl sites for hydroxylation is 1. The van der Waals surface area contributed by atoms with Crippen molar-refractivity contribution in [1.82, 2.24) is 4.98 Å². The first-order chi connectivity index (χ1) is 15.3. The number of hydrogen-bond donors (Lipinski definition) is 1. The number of hydrogen-bond acceptors (Lipinski definition) is 5. The SMILES string of the molecule is Cc1cc(/C=C/C2=CC(=C(C#N)C#N)CC(C)(C)C2)c(O)c(-c2nc3ccccc3s2)c1. The van der Waals surface area contributed by atoms with Gasteiger partial charge in [0.05, 0.1) is 15.8 Å². The van der Waals surface area contributed by atoms with Crippen molar-refractivity contribution >= 4 is 27.6 Å². The zero-order valence-electron chi connectivity index (χ0n) is 18.3. The Labute approximate surface area is 192 Å². The molecule has 1 aliphatic rings. The lowest BCUT2D eigenvalue weighted by atomic mass is 9.74. The summed E-state index contributed by atoms with van der Waals surface area (Å²) in [6.45, 7) is 6.27. The van der Waals surface area contributed by atoms with Gasteiger partial charge in [-0.25, -0.2) is 4.98 Å². The highest BCUT2D eigenvalue weighted by atomic mass is 32.1. The Morgan fingerprint density at radius 1 is 1.12 bits per heavy atom. The summed E-state index contributed by atoms with van der Waals surface area (Å²) in [5, 5.41) is 30.4. The van der Waals surface area contributed by atoms with Crippen molar-refractivity contribution in [2.45, 2.75) is 33.6 Å². The second kappa shape index (κ2) is 8.46. The number of phenols is 1. The maximum Gasteiger partial charge on any atom is 0.133 e. The third-order valence-electron chi connectivity index (χ3n) is 5.54. The highest BCUT2D eigenvalue weighted by molar-refractivity contribution is 7.21. The molecule has 4 rings (SSSR count). The number of allylic oxidation sites excluding steroid dienone is 5. The Morgan fingerprint density at radius 2 is 1.88 bits per heavy atom. The minimum absolute atomic E-state index is 0.0521. The summed E-state index contributed by atoms with van der Waals surface area (Å²) in [6, 6.07) is 15.9. The predicted molar refractivity (Wildman–Crippen MR) is 130 cm³/mol. The molecule has 3 aromatic rings. The fraction of sp³-hybridized carbons (Fsp3) is 0.222. The number of benzene rings is 2. The molecule has 5 heteroatoms. The van der Waals surface area contributed by atoms with Crippen LogP contribution in [0.5, 0.6) is 5.75 Å². The molecule has 0 amide bonds. The summed E-state index contributed by atoms with van der Waals surface area (Å²) >= 11 is 1.56. The van der Waals surface area contributed by atoms with E-state index in [0.717, 1.165) is 49.5 Å². The summed E-state index contributed by atoms with van der Waals surface area (Å²) in [5.41, 5.74) is 5.31. The zero-order valence-corrected chi connectivity index (χ0v) is 19.1. The van der Waals surface area contributed by atoms with Gasteiger partial charge in [-0.2, -0.15) is 10.5 Å². The summed E-state index contributed by atoms with van der Waals surface area (Å²) < 4.78 is 1.08. The topological polar surface area (TPSA) is 80.7 Å². The van der Waals surface area contributed by atoms with E-state index in [2.05, 4.69) is 13.8 Å². The van der Waals surface area contributed by atoms with Gasteiger partial charge >= 0.3 is 0 Å². The number of nitrogens with zero attached hydrogens (tertiary/aromatic N) is 3. The Kier molecular flexibility index (Phi) is 5.70. The molecule has 0 radical (unpaired) electrons. The van der Waals surface area contributed by atoms with Crippen LogP contribution in [0, 0.1) is 35.0 Å². The quantitative estimate of drug-likeness (QED) is 0.444. The van der Waals surface area contributed by atoms with Crippen LogP contribution in [0.4, 0.5) is 0 Å². The van der Waals surface area contributed by atoms with Gasteiger partial charge in [-0.15, -0.1) is 11.3 Å². The van der Waals surface area contributed by atoms with Crippen LogP contribution in [0.15, 0.2) is 65.3 Å². The summed E-state index contributed by atoms with van der Waals surface area (Å²) in [5.74, 6) is 0.201. The number of phenolic OH excluding ortho intramolecular Hbond substituents is 1. The van der Waals surface area contributed by atoms with Crippen LogP contribution in [0.3, 0.4) is 0 Å². The molecule has 0 spiro atoms. The first-order valence-corrected chi connectivity index (χ1v) is 11.2. The number of para-hydroxylation sites is 1. The number of thiazole rings is 1. The summed E-state index contributed by atoms with van der Waals surface area (Å²) in [6.07, 6.45) is 7.34. The molecule has 4 nitrogen and oxygen atoms in total. The van der Waals surface area contributed by atoms with Gasteiger partial charge < -0.3 is 5.11 Å². The monoisotopic (exact) mass is 437 g/mol. The highest BCUT2D eigenvalue weighted by Crippen LogP contribution is 2.41. The molecular formula is C27H23N3OS. The number of fused-ring (bicyclic) bond motifs is 1. The lowest BCUT2D eigenvalue weighted by Crippen LogP contribution is -2.17. The van der Waals surface area contributed by atoms with Gasteiger partial charge in [-0.1, -0.05) is 44.2 Å². The molecule has 158 valence electrons. The zero-order chi connectivity index (χ0) is 22.9.